The summed E-state index contributed by atoms with van der Waals surface area (Å²) in [5.74, 6) is 0. The summed E-state index contributed by atoms with van der Waals surface area (Å²) in [5, 5.41) is 4.59. The van der Waals surface area contributed by atoms with E-state index in [1.807, 2.05) is 6.20 Å². The van der Waals surface area contributed by atoms with Crippen LogP contribution in [0.1, 0.15) is 42.6 Å². The van der Waals surface area contributed by atoms with Crippen LogP contribution in [0.25, 0.3) is 0 Å². The third kappa shape index (κ3) is 5.44. The number of nitrogens with zero attached hydrogens (tertiary/aromatic N) is 1. The summed E-state index contributed by atoms with van der Waals surface area (Å²) in [7, 11) is 1.72. The van der Waals surface area contributed by atoms with E-state index in [2.05, 4.69) is 24.1 Å². The van der Waals surface area contributed by atoms with Crippen LogP contribution in [0.5, 0.6) is 0 Å². The predicted octanol–water partition coefficient (Wildman–Crippen LogP) is 2.11. The number of aromatic nitrogens is 1. The zero-order valence-corrected chi connectivity index (χ0v) is 12.4. The van der Waals surface area contributed by atoms with Gasteiger partial charge in [0.1, 0.15) is 5.01 Å². The van der Waals surface area contributed by atoms with Crippen molar-refractivity contribution in [2.75, 3.05) is 20.3 Å². The molecule has 0 aliphatic heterocycles. The lowest BCUT2D eigenvalue weighted by atomic mass is 10.1. The van der Waals surface area contributed by atoms with Crippen molar-refractivity contribution in [3.63, 3.8) is 0 Å². The fourth-order valence-electron chi connectivity index (χ4n) is 1.69. The second-order valence-corrected chi connectivity index (χ2v) is 5.69. The van der Waals surface area contributed by atoms with Crippen molar-refractivity contribution in [2.45, 2.75) is 45.2 Å². The molecule has 0 amide bonds. The van der Waals surface area contributed by atoms with Crippen LogP contribution in [-0.4, -0.2) is 31.3 Å². The van der Waals surface area contributed by atoms with Crippen molar-refractivity contribution in [1.29, 1.82) is 0 Å². The molecule has 0 aliphatic rings. The van der Waals surface area contributed by atoms with Gasteiger partial charge in [-0.25, -0.2) is 4.98 Å². The molecule has 1 rings (SSSR count). The first-order valence-electron chi connectivity index (χ1n) is 6.59. The van der Waals surface area contributed by atoms with Crippen LogP contribution < -0.4 is 11.1 Å². The summed E-state index contributed by atoms with van der Waals surface area (Å²) in [6.45, 7) is 5.91. The molecule has 3 N–H and O–H groups in total. The SMILES string of the molecule is CCc1cnc(C(C)NCC(N)CCCOC)s1. The first kappa shape index (κ1) is 15.6. The third-order valence-corrected chi connectivity index (χ3v) is 4.22. The zero-order valence-electron chi connectivity index (χ0n) is 11.6. The summed E-state index contributed by atoms with van der Waals surface area (Å²) in [6.07, 6.45) is 5.04. The third-order valence-electron chi connectivity index (χ3n) is 2.90. The highest BCUT2D eigenvalue weighted by Crippen LogP contribution is 2.20. The molecule has 2 atom stereocenters. The number of nitrogens with one attached hydrogen (secondary N) is 1. The topological polar surface area (TPSA) is 60.2 Å². The highest BCUT2D eigenvalue weighted by Gasteiger charge is 2.11. The molecule has 18 heavy (non-hydrogen) atoms. The largest absolute Gasteiger partial charge is 0.385 e. The zero-order chi connectivity index (χ0) is 13.4. The number of hydrogen-bond acceptors (Lipinski definition) is 5. The van der Waals surface area contributed by atoms with E-state index in [9.17, 15) is 0 Å². The maximum absolute atomic E-state index is 6.04. The van der Waals surface area contributed by atoms with Gasteiger partial charge in [-0.3, -0.25) is 0 Å². The molecular formula is C13H25N3OS. The van der Waals surface area contributed by atoms with Crippen LogP contribution in [-0.2, 0) is 11.2 Å². The van der Waals surface area contributed by atoms with Gasteiger partial charge < -0.3 is 15.8 Å². The number of nitrogens with two attached hydrogens (primary N) is 1. The highest BCUT2D eigenvalue weighted by molar-refractivity contribution is 7.11. The Morgan fingerprint density at radius 3 is 2.94 bits per heavy atom. The van der Waals surface area contributed by atoms with E-state index in [4.69, 9.17) is 10.5 Å². The van der Waals surface area contributed by atoms with Gasteiger partial charge in [-0.1, -0.05) is 6.92 Å². The molecule has 4 nitrogen and oxygen atoms in total. The molecule has 0 saturated carbocycles. The van der Waals surface area contributed by atoms with E-state index in [1.165, 1.54) is 4.88 Å². The van der Waals surface area contributed by atoms with Crippen LogP contribution in [0.2, 0.25) is 0 Å². The number of aryl methyl sites for hydroxylation is 1. The Kier molecular flexibility index (Phi) is 7.42. The molecule has 104 valence electrons. The second kappa shape index (κ2) is 8.58. The smallest absolute Gasteiger partial charge is 0.109 e. The summed E-state index contributed by atoms with van der Waals surface area (Å²) >= 11 is 1.78. The maximum Gasteiger partial charge on any atom is 0.109 e. The van der Waals surface area contributed by atoms with Crippen molar-refractivity contribution in [1.82, 2.24) is 10.3 Å². The van der Waals surface area contributed by atoms with Crippen LogP contribution in [0, 0.1) is 0 Å². The van der Waals surface area contributed by atoms with Crippen LogP contribution >= 0.6 is 11.3 Å². The molecular weight excluding hydrogens is 246 g/mol. The Balaban J connectivity index is 2.25. The van der Waals surface area contributed by atoms with Gasteiger partial charge in [0.2, 0.25) is 0 Å². The minimum atomic E-state index is 0.188. The number of methoxy groups -OCH3 is 1. The quantitative estimate of drug-likeness (QED) is 0.675. The van der Waals surface area contributed by atoms with E-state index >= 15 is 0 Å². The normalized spacial score (nSPS) is 14.7. The fourth-order valence-corrected chi connectivity index (χ4v) is 2.58. The molecule has 0 aliphatic carbocycles. The Morgan fingerprint density at radius 2 is 2.33 bits per heavy atom. The monoisotopic (exact) mass is 271 g/mol. The molecule has 1 aromatic heterocycles. The predicted molar refractivity (Wildman–Crippen MR) is 77.0 cm³/mol. The number of hydrogen-bond donors (Lipinski definition) is 2. The molecule has 0 radical (unpaired) electrons. The van der Waals surface area contributed by atoms with E-state index in [0.29, 0.717) is 0 Å². The van der Waals surface area contributed by atoms with Gasteiger partial charge in [0.15, 0.2) is 0 Å². The highest BCUT2D eigenvalue weighted by atomic mass is 32.1. The lowest BCUT2D eigenvalue weighted by Gasteiger charge is -2.16. The van der Waals surface area contributed by atoms with Crippen LogP contribution in [0.4, 0.5) is 0 Å². The summed E-state index contributed by atoms with van der Waals surface area (Å²) in [6, 6.07) is 0.469. The fraction of sp³-hybridized carbons (Fsp3) is 0.769. The standard InChI is InChI=1S/C13H25N3OS/c1-4-12-9-16-13(18-12)10(2)15-8-11(14)6-5-7-17-3/h9-11,15H,4-8,14H2,1-3H3. The van der Waals surface area contributed by atoms with Crippen molar-refractivity contribution in [3.8, 4) is 0 Å². The summed E-state index contributed by atoms with van der Waals surface area (Å²) in [4.78, 5) is 5.77. The Hall–Kier alpha value is -0.490. The van der Waals surface area contributed by atoms with Crippen molar-refractivity contribution in [3.05, 3.63) is 16.1 Å². The van der Waals surface area contributed by atoms with E-state index in [-0.39, 0.29) is 12.1 Å². The average Bonchev–Trinajstić information content (AvgIpc) is 2.85. The van der Waals surface area contributed by atoms with Crippen LogP contribution in [0.3, 0.4) is 0 Å². The van der Waals surface area contributed by atoms with Gasteiger partial charge in [-0.2, -0.15) is 0 Å². The summed E-state index contributed by atoms with van der Waals surface area (Å²) in [5.41, 5.74) is 6.04. The minimum Gasteiger partial charge on any atom is -0.385 e. The molecule has 1 heterocycles. The molecule has 0 fully saturated rings. The van der Waals surface area contributed by atoms with Crippen molar-refractivity contribution < 1.29 is 4.74 Å². The second-order valence-electron chi connectivity index (χ2n) is 4.54. The molecule has 0 spiro atoms. The van der Waals surface area contributed by atoms with E-state index < -0.39 is 0 Å². The Labute approximate surface area is 114 Å². The number of rotatable bonds is 9. The first-order chi connectivity index (χ1) is 8.67. The van der Waals surface area contributed by atoms with E-state index in [1.54, 1.807) is 18.4 Å². The summed E-state index contributed by atoms with van der Waals surface area (Å²) < 4.78 is 5.02. The van der Waals surface area contributed by atoms with E-state index in [0.717, 1.165) is 37.4 Å². The molecule has 0 saturated heterocycles. The van der Waals surface area contributed by atoms with Gasteiger partial charge in [-0.05, 0) is 26.2 Å². The molecule has 1 aromatic rings. The van der Waals surface area contributed by atoms with Gasteiger partial charge >= 0.3 is 0 Å². The molecule has 0 bridgehead atoms. The lowest BCUT2D eigenvalue weighted by Crippen LogP contribution is -2.35. The van der Waals surface area contributed by atoms with Gasteiger partial charge in [0, 0.05) is 37.4 Å². The minimum absolute atomic E-state index is 0.188. The van der Waals surface area contributed by atoms with Crippen molar-refractivity contribution >= 4 is 11.3 Å². The Bertz CT molecular complexity index is 330. The molecule has 2 unspecified atom stereocenters. The number of ether oxygens (including phenoxy) is 1. The maximum atomic E-state index is 6.04. The van der Waals surface area contributed by atoms with Gasteiger partial charge in [0.25, 0.3) is 0 Å². The molecule has 0 aromatic carbocycles. The molecule has 5 heteroatoms. The van der Waals surface area contributed by atoms with Gasteiger partial charge in [0.05, 0.1) is 6.04 Å². The Morgan fingerprint density at radius 1 is 1.56 bits per heavy atom. The lowest BCUT2D eigenvalue weighted by molar-refractivity contribution is 0.190. The average molecular weight is 271 g/mol. The van der Waals surface area contributed by atoms with Crippen molar-refractivity contribution in [2.24, 2.45) is 5.73 Å². The number of thiazole rings is 1. The van der Waals surface area contributed by atoms with Gasteiger partial charge in [-0.15, -0.1) is 11.3 Å². The van der Waals surface area contributed by atoms with Crippen LogP contribution in [0.15, 0.2) is 6.20 Å². The first-order valence-corrected chi connectivity index (χ1v) is 7.41.